The molecule has 2 N–H and O–H groups in total. The second-order valence-corrected chi connectivity index (χ2v) is 2.70. The molecule has 4 nitrogen and oxygen atoms in total. The minimum absolute atomic E-state index is 0.0182. The molecule has 0 aromatic heterocycles. The van der Waals surface area contributed by atoms with Crippen LogP contribution in [0.2, 0.25) is 0 Å². The maximum atomic E-state index is 8.72. The molecule has 0 heterocycles. The van der Waals surface area contributed by atoms with E-state index in [1.165, 1.54) is 7.11 Å². The predicted octanol–water partition coefficient (Wildman–Crippen LogP) is 1.40. The van der Waals surface area contributed by atoms with E-state index in [4.69, 9.17) is 15.7 Å². The number of nitrogens with two attached hydrogens (primary N) is 1. The van der Waals surface area contributed by atoms with E-state index in [0.717, 1.165) is 5.56 Å². The largest absolute Gasteiger partial charge is 0.481 e. The average molecular weight is 201 g/mol. The first-order valence-electron chi connectivity index (χ1n) is 4.31. The normalized spacial score (nSPS) is 12.0. The number of hydrogen-bond donors (Lipinski definition) is 1. The smallest absolute Gasteiger partial charge is 0.221 e. The zero-order chi connectivity index (χ0) is 11.1. The van der Waals surface area contributed by atoms with Gasteiger partial charge in [0.25, 0.3) is 0 Å². The number of methoxy groups -OCH3 is 1. The molecule has 1 aromatic carbocycles. The molecule has 4 heteroatoms. The number of nitrogens with zero attached hydrogens (tertiary/aromatic N) is 2. The molecule has 76 valence electrons. The van der Waals surface area contributed by atoms with E-state index in [-0.39, 0.29) is 11.6 Å². The SMILES string of the molecule is CO/C(N)=C(\C#N)N=Cc1ccccc1. The average Bonchev–Trinajstić information content (AvgIpc) is 2.31. The molecule has 0 aliphatic heterocycles. The molecule has 0 saturated carbocycles. The zero-order valence-corrected chi connectivity index (χ0v) is 8.34. The topological polar surface area (TPSA) is 71.4 Å². The van der Waals surface area contributed by atoms with E-state index in [1.54, 1.807) is 6.21 Å². The van der Waals surface area contributed by atoms with Crippen molar-refractivity contribution in [2.75, 3.05) is 7.11 Å². The second-order valence-electron chi connectivity index (χ2n) is 2.70. The van der Waals surface area contributed by atoms with Crippen LogP contribution in [0.15, 0.2) is 46.9 Å². The third-order valence-corrected chi connectivity index (χ3v) is 1.70. The second kappa shape index (κ2) is 5.45. The Morgan fingerprint density at radius 1 is 1.47 bits per heavy atom. The number of allylic oxidation sites excluding steroid dienone is 1. The van der Waals surface area contributed by atoms with Gasteiger partial charge in [-0.2, -0.15) is 5.26 Å². The van der Waals surface area contributed by atoms with Crippen molar-refractivity contribution >= 4 is 6.21 Å². The summed E-state index contributed by atoms with van der Waals surface area (Å²) in [7, 11) is 1.39. The summed E-state index contributed by atoms with van der Waals surface area (Å²) < 4.78 is 4.71. The van der Waals surface area contributed by atoms with Gasteiger partial charge < -0.3 is 10.5 Å². The van der Waals surface area contributed by atoms with Crippen molar-refractivity contribution in [2.24, 2.45) is 10.7 Å². The van der Waals surface area contributed by atoms with Gasteiger partial charge in [-0.3, -0.25) is 0 Å². The quantitative estimate of drug-likeness (QED) is 0.456. The van der Waals surface area contributed by atoms with Gasteiger partial charge in [0.05, 0.1) is 7.11 Å². The summed E-state index contributed by atoms with van der Waals surface area (Å²) in [6.45, 7) is 0. The van der Waals surface area contributed by atoms with Gasteiger partial charge in [0, 0.05) is 6.21 Å². The van der Waals surface area contributed by atoms with Crippen molar-refractivity contribution in [1.29, 1.82) is 5.26 Å². The zero-order valence-electron chi connectivity index (χ0n) is 8.34. The fourth-order valence-electron chi connectivity index (χ4n) is 0.922. The Hall–Kier alpha value is -2.28. The molecular formula is C11H11N3O. The number of benzene rings is 1. The summed E-state index contributed by atoms with van der Waals surface area (Å²) in [5, 5.41) is 8.72. The Bertz CT molecular complexity index is 415. The van der Waals surface area contributed by atoms with Crippen LogP contribution in [0.4, 0.5) is 0 Å². The molecule has 0 atom stereocenters. The van der Waals surface area contributed by atoms with Crippen LogP contribution in [-0.2, 0) is 4.74 Å². The Kier molecular flexibility index (Phi) is 3.92. The molecule has 1 rings (SSSR count). The lowest BCUT2D eigenvalue weighted by molar-refractivity contribution is 0.284. The molecule has 0 aliphatic carbocycles. The maximum absolute atomic E-state index is 8.72. The van der Waals surface area contributed by atoms with E-state index in [0.29, 0.717) is 0 Å². The van der Waals surface area contributed by atoms with Crippen LogP contribution in [0, 0.1) is 11.3 Å². The minimum atomic E-state index is 0.0182. The van der Waals surface area contributed by atoms with Crippen LogP contribution in [0.1, 0.15) is 5.56 Å². The monoisotopic (exact) mass is 201 g/mol. The maximum Gasteiger partial charge on any atom is 0.221 e. The summed E-state index contributed by atoms with van der Waals surface area (Å²) in [5.41, 5.74) is 6.38. The molecule has 1 aromatic rings. The van der Waals surface area contributed by atoms with Gasteiger partial charge in [-0.25, -0.2) is 4.99 Å². The van der Waals surface area contributed by atoms with Crippen molar-refractivity contribution in [2.45, 2.75) is 0 Å². The van der Waals surface area contributed by atoms with Gasteiger partial charge in [0.15, 0.2) is 5.70 Å². The molecule has 0 fully saturated rings. The Labute approximate surface area is 88.3 Å². The van der Waals surface area contributed by atoms with E-state index >= 15 is 0 Å². The van der Waals surface area contributed by atoms with E-state index < -0.39 is 0 Å². The summed E-state index contributed by atoms with van der Waals surface area (Å²) in [6.07, 6.45) is 1.56. The van der Waals surface area contributed by atoms with Gasteiger partial charge in [0.1, 0.15) is 6.07 Å². The number of nitriles is 1. The molecule has 0 amide bonds. The lowest BCUT2D eigenvalue weighted by atomic mass is 10.2. The van der Waals surface area contributed by atoms with Crippen molar-refractivity contribution in [3.63, 3.8) is 0 Å². The lowest BCUT2D eigenvalue weighted by Gasteiger charge is -1.98. The Morgan fingerprint density at radius 2 is 2.13 bits per heavy atom. The van der Waals surface area contributed by atoms with Crippen LogP contribution in [-0.4, -0.2) is 13.3 Å². The fourth-order valence-corrected chi connectivity index (χ4v) is 0.922. The first-order chi connectivity index (χ1) is 7.27. The molecule has 0 bridgehead atoms. The van der Waals surface area contributed by atoms with Crippen LogP contribution in [0.3, 0.4) is 0 Å². The third kappa shape index (κ3) is 3.16. The lowest BCUT2D eigenvalue weighted by Crippen LogP contribution is -2.02. The standard InChI is InChI=1S/C11H11N3O/c1-15-11(13)10(7-12)14-8-9-5-3-2-4-6-9/h2-6,8H,13H2,1H3/b11-10+,14-8?. The summed E-state index contributed by atoms with van der Waals surface area (Å²) in [5.74, 6) is 0.0182. The first-order valence-corrected chi connectivity index (χ1v) is 4.31. The molecule has 15 heavy (non-hydrogen) atoms. The van der Waals surface area contributed by atoms with E-state index in [1.807, 2.05) is 36.4 Å². The summed E-state index contributed by atoms with van der Waals surface area (Å²) >= 11 is 0. The van der Waals surface area contributed by atoms with Crippen molar-refractivity contribution in [3.8, 4) is 6.07 Å². The predicted molar refractivity (Wildman–Crippen MR) is 57.9 cm³/mol. The molecule has 0 spiro atoms. The van der Waals surface area contributed by atoms with Gasteiger partial charge in [0.2, 0.25) is 5.88 Å². The molecule has 0 unspecified atom stereocenters. The van der Waals surface area contributed by atoms with Crippen molar-refractivity contribution in [1.82, 2.24) is 0 Å². The number of aliphatic imine (C=N–C) groups is 1. The summed E-state index contributed by atoms with van der Waals surface area (Å²) in [4.78, 5) is 3.93. The van der Waals surface area contributed by atoms with Gasteiger partial charge >= 0.3 is 0 Å². The molecule has 0 radical (unpaired) electrons. The van der Waals surface area contributed by atoms with Crippen LogP contribution < -0.4 is 5.73 Å². The Morgan fingerprint density at radius 3 is 2.67 bits per heavy atom. The van der Waals surface area contributed by atoms with E-state index in [9.17, 15) is 0 Å². The summed E-state index contributed by atoms with van der Waals surface area (Å²) in [6, 6.07) is 11.3. The highest BCUT2D eigenvalue weighted by molar-refractivity contribution is 5.80. The highest BCUT2D eigenvalue weighted by Gasteiger charge is 1.98. The van der Waals surface area contributed by atoms with E-state index in [2.05, 4.69) is 4.99 Å². The number of rotatable bonds is 3. The van der Waals surface area contributed by atoms with Gasteiger partial charge in [-0.05, 0) is 5.56 Å². The van der Waals surface area contributed by atoms with Crippen LogP contribution in [0.25, 0.3) is 0 Å². The van der Waals surface area contributed by atoms with Crippen LogP contribution in [0.5, 0.6) is 0 Å². The van der Waals surface area contributed by atoms with Crippen molar-refractivity contribution in [3.05, 3.63) is 47.5 Å². The molecular weight excluding hydrogens is 190 g/mol. The first kappa shape index (κ1) is 10.8. The van der Waals surface area contributed by atoms with Crippen LogP contribution >= 0.6 is 0 Å². The number of ether oxygens (including phenoxy) is 1. The fraction of sp³-hybridized carbons (Fsp3) is 0.0909. The van der Waals surface area contributed by atoms with Gasteiger partial charge in [-0.1, -0.05) is 30.3 Å². The number of hydrogen-bond acceptors (Lipinski definition) is 4. The highest BCUT2D eigenvalue weighted by Crippen LogP contribution is 2.01. The molecule has 0 saturated heterocycles. The highest BCUT2D eigenvalue weighted by atomic mass is 16.5. The Balaban J connectivity index is 2.87. The van der Waals surface area contributed by atoms with Gasteiger partial charge in [-0.15, -0.1) is 0 Å². The molecule has 0 aliphatic rings. The minimum Gasteiger partial charge on any atom is -0.481 e. The third-order valence-electron chi connectivity index (χ3n) is 1.70. The van der Waals surface area contributed by atoms with Crippen molar-refractivity contribution < 1.29 is 4.74 Å².